The summed E-state index contributed by atoms with van der Waals surface area (Å²) in [5, 5.41) is 7.13. The number of carbonyl (C=O) groups is 2. The van der Waals surface area contributed by atoms with Crippen molar-refractivity contribution in [3.8, 4) is 0 Å². The number of aromatic amines is 2. The molecule has 14 heteroatoms. The van der Waals surface area contributed by atoms with E-state index < -0.39 is 0 Å². The van der Waals surface area contributed by atoms with E-state index in [1.807, 2.05) is 47.4 Å². The Morgan fingerprint density at radius 3 is 2.33 bits per heavy atom. The maximum absolute atomic E-state index is 13.7. The molecular weight excluding hydrogens is 1170 g/mol. The van der Waals surface area contributed by atoms with Crippen LogP contribution in [0.4, 0.5) is 11.4 Å². The van der Waals surface area contributed by atoms with E-state index in [0.717, 1.165) is 51.0 Å². The summed E-state index contributed by atoms with van der Waals surface area (Å²) in [6.45, 7) is 11.2. The van der Waals surface area contributed by atoms with Crippen LogP contribution in [0.2, 0.25) is 0 Å². The third-order valence-electron chi connectivity index (χ3n) is 9.08. The predicted molar refractivity (Wildman–Crippen MR) is 210 cm³/mol. The number of anilines is 2. The van der Waals surface area contributed by atoms with Gasteiger partial charge in [0, 0.05) is 60.9 Å². The van der Waals surface area contributed by atoms with E-state index in [9.17, 15) is 19.2 Å². The molecule has 1 fully saturated rings. The number of alkyl halides is 1. The molecule has 0 spiro atoms. The summed E-state index contributed by atoms with van der Waals surface area (Å²) >= 11 is 8.04. The minimum Gasteiger partial charge on any atom is -0.520 e. The zero-order valence-corrected chi connectivity index (χ0v) is 40.6. The summed E-state index contributed by atoms with van der Waals surface area (Å²) in [5.74, 6) is 1.64. The number of rotatable bonds is 6. The number of halogens is 1. The largest absolute Gasteiger partial charge is 2.00 e. The topological polar surface area (TPSA) is 122 Å². The summed E-state index contributed by atoms with van der Waals surface area (Å²) in [6.07, 6.45) is 9.61. The molecule has 2 aromatic carbocycles. The molecule has 3 N–H and O–H groups in total. The summed E-state index contributed by atoms with van der Waals surface area (Å²) in [5.41, 5.74) is 7.91. The van der Waals surface area contributed by atoms with Crippen molar-refractivity contribution in [1.82, 2.24) is 19.8 Å². The van der Waals surface area contributed by atoms with Gasteiger partial charge in [0.05, 0.1) is 0 Å². The number of piperazine rings is 1. The van der Waals surface area contributed by atoms with E-state index in [4.69, 9.17) is 11.6 Å². The van der Waals surface area contributed by atoms with Gasteiger partial charge in [0.2, 0.25) is 0 Å². The molecule has 3 aromatic heterocycles. The van der Waals surface area contributed by atoms with Crippen molar-refractivity contribution >= 4 is 86.0 Å². The molecule has 54 heavy (non-hydrogen) atoms. The molecule has 0 radical (unpaired) electrons. The Morgan fingerprint density at radius 2 is 1.70 bits per heavy atom. The van der Waals surface area contributed by atoms with Crippen LogP contribution in [0.15, 0.2) is 47.9 Å². The number of aromatic nitrogens is 2. The van der Waals surface area contributed by atoms with Crippen molar-refractivity contribution < 1.29 is 81.4 Å². The number of aryl methyl sites for hydroxylation is 2. The Hall–Kier alpha value is -2.77. The standard InChI is InChI=1S/C30H24ClN4O2S.C6H8N2O2.C4H9.2U/c1-16-15-38-26-9-8-25-28(27(16)26)19(13-31)14-35(25)30(37)24-12-18-10-20(6-7-22(18)34-24)32-29(36)23-11-17-4-2-3-5-21(17)33-23;9-5-7-1-2-8(6-10)4-3-7;1-4(2)3;;/h2,4,6-8,10-12,15,19,33-34H,3,5,13-14H2,1H3,(H,32,36);1-4H2;1-3H3;;/q-1;-2;-1;2*+2/t19-;;;;/m1..../s1. The molecule has 1 saturated heterocycles. The summed E-state index contributed by atoms with van der Waals surface area (Å²) < 4.78 is 1.10. The molecule has 5 heterocycles. The van der Waals surface area contributed by atoms with Gasteiger partial charge in [0.15, 0.2) is 0 Å². The zero-order valence-electron chi connectivity index (χ0n) is 30.7. The van der Waals surface area contributed by atoms with Gasteiger partial charge in [0.1, 0.15) is 11.4 Å². The number of H-pyrrole nitrogens is 2. The van der Waals surface area contributed by atoms with Gasteiger partial charge in [-0.25, -0.2) is 0 Å². The van der Waals surface area contributed by atoms with Gasteiger partial charge in [-0.05, 0) is 67.0 Å². The first-order valence-corrected chi connectivity index (χ1v) is 18.7. The van der Waals surface area contributed by atoms with E-state index >= 15 is 0 Å². The van der Waals surface area contributed by atoms with E-state index in [0.29, 0.717) is 55.7 Å². The molecule has 0 unspecified atom stereocenters. The van der Waals surface area contributed by atoms with Gasteiger partial charge in [-0.2, -0.15) is 57.1 Å². The molecule has 0 bridgehead atoms. The Balaban J connectivity index is 0.000000346. The Labute approximate surface area is 372 Å². The minimum atomic E-state index is -0.189. The second-order valence-electron chi connectivity index (χ2n) is 13.6. The van der Waals surface area contributed by atoms with Crippen LogP contribution < -0.4 is 10.2 Å². The predicted octanol–water partition coefficient (Wildman–Crippen LogP) is 7.37. The number of allylic oxidation sites excluding steroid dienone is 1. The van der Waals surface area contributed by atoms with Crippen molar-refractivity contribution in [3.63, 3.8) is 0 Å². The SMILES string of the molecule is C[C-](C)C.Cc1csc2[c-]cc3c(c12)[C@H](CCl)CN3C(=O)c1cc2cc(NC(=O)c3cc4c([nH]3)CCC=C4)ccc2[nH]1.O=[C-]N1CCN([C-]=O)CC1.[U+2].[U+2]. The number of hydrogen-bond donors (Lipinski definition) is 3. The first-order chi connectivity index (χ1) is 25.1. The van der Waals surface area contributed by atoms with Gasteiger partial charge >= 0.3 is 62.2 Å². The van der Waals surface area contributed by atoms with Crippen molar-refractivity contribution in [1.29, 1.82) is 0 Å². The molecule has 4 amide bonds. The third kappa shape index (κ3) is 9.96. The first-order valence-electron chi connectivity index (χ1n) is 17.2. The Kier molecular flexibility index (Phi) is 16.2. The molecule has 5 aromatic rings. The van der Waals surface area contributed by atoms with Gasteiger partial charge in [-0.3, -0.25) is 9.59 Å². The van der Waals surface area contributed by atoms with Gasteiger partial charge in [-0.15, -0.1) is 22.6 Å². The second kappa shape index (κ2) is 19.9. The van der Waals surface area contributed by atoms with E-state index in [-0.39, 0.29) is 80.0 Å². The van der Waals surface area contributed by atoms with Crippen LogP contribution >= 0.6 is 22.9 Å². The average molecular weight is 1210 g/mol. The minimum absolute atomic E-state index is 0. The maximum Gasteiger partial charge on any atom is 2.00 e. The normalized spacial score (nSPS) is 15.6. The average Bonchev–Trinajstić information content (AvgIpc) is 3.94. The number of amides is 4. The quantitative estimate of drug-likeness (QED) is 0.122. The molecule has 276 valence electrons. The third-order valence-corrected chi connectivity index (χ3v) is 10.5. The zero-order chi connectivity index (χ0) is 36.9. The van der Waals surface area contributed by atoms with Crippen LogP contribution in [0.5, 0.6) is 0 Å². The van der Waals surface area contributed by atoms with Crippen LogP contribution in [0, 0.1) is 81.1 Å². The number of fused-ring (bicyclic) bond motifs is 5. The number of carbonyl (C=O) groups excluding carboxylic acids is 4. The number of nitrogens with one attached hydrogen (secondary N) is 3. The van der Waals surface area contributed by atoms with Gasteiger partial charge in [0.25, 0.3) is 11.8 Å². The first kappa shape index (κ1) is 44.0. The molecule has 8 rings (SSSR count). The summed E-state index contributed by atoms with van der Waals surface area (Å²) in [4.78, 5) is 58.0. The maximum atomic E-state index is 13.7. The number of hydrogen-bond acceptors (Lipinski definition) is 5. The van der Waals surface area contributed by atoms with Crippen molar-refractivity contribution in [2.45, 2.75) is 46.5 Å². The fourth-order valence-corrected chi connectivity index (χ4v) is 7.76. The van der Waals surface area contributed by atoms with Gasteiger partial charge in [-0.1, -0.05) is 28.1 Å². The van der Waals surface area contributed by atoms with Crippen LogP contribution in [-0.4, -0.2) is 83.0 Å². The van der Waals surface area contributed by atoms with Gasteiger partial charge < -0.3 is 45.5 Å². The summed E-state index contributed by atoms with van der Waals surface area (Å²) in [7, 11) is 0. The van der Waals surface area contributed by atoms with Crippen LogP contribution in [0.25, 0.3) is 27.1 Å². The molecular formula is C40H41ClN6O4SU2. The van der Waals surface area contributed by atoms with E-state index in [2.05, 4.69) is 60.5 Å². The molecule has 1 atom stereocenters. The number of benzene rings is 2. The van der Waals surface area contributed by atoms with Crippen molar-refractivity contribution in [2.24, 2.45) is 0 Å². The monoisotopic (exact) mass is 1210 g/mol. The summed E-state index contributed by atoms with van der Waals surface area (Å²) in [6, 6.07) is 14.6. The van der Waals surface area contributed by atoms with E-state index in [1.54, 1.807) is 24.2 Å². The van der Waals surface area contributed by atoms with Crippen molar-refractivity contribution in [2.75, 3.05) is 48.8 Å². The van der Waals surface area contributed by atoms with Crippen molar-refractivity contribution in [3.05, 3.63) is 93.6 Å². The Morgan fingerprint density at radius 1 is 1.02 bits per heavy atom. The van der Waals surface area contributed by atoms with E-state index in [1.165, 1.54) is 26.7 Å². The molecule has 0 saturated carbocycles. The smallest absolute Gasteiger partial charge is 0.520 e. The fourth-order valence-electron chi connectivity index (χ4n) is 6.58. The van der Waals surface area contributed by atoms with Crippen LogP contribution in [0.1, 0.15) is 76.5 Å². The fraction of sp³-hybridized carbons (Fsp3) is 0.325. The molecule has 1 aliphatic carbocycles. The van der Waals surface area contributed by atoms with Crippen LogP contribution in [-0.2, 0) is 16.0 Å². The molecule has 2 aliphatic heterocycles. The number of nitrogens with zero attached hydrogens (tertiary/aromatic N) is 3. The second-order valence-corrected chi connectivity index (χ2v) is 14.8. The Bertz CT molecular complexity index is 2120. The molecule has 3 aliphatic rings. The molecule has 10 nitrogen and oxygen atoms in total. The van der Waals surface area contributed by atoms with Crippen LogP contribution in [0.3, 0.4) is 0 Å². The number of thiophene rings is 1.